The van der Waals surface area contributed by atoms with Gasteiger partial charge in [0.15, 0.2) is 0 Å². The molecule has 92 valence electrons. The maximum Gasteiger partial charge on any atom is 0.238 e. The van der Waals surface area contributed by atoms with Crippen molar-refractivity contribution in [2.24, 2.45) is 5.73 Å². The van der Waals surface area contributed by atoms with Crippen molar-refractivity contribution in [2.75, 3.05) is 16.6 Å². The van der Waals surface area contributed by atoms with Gasteiger partial charge >= 0.3 is 0 Å². The minimum absolute atomic E-state index is 0.0615. The number of anilines is 1. The lowest BCUT2D eigenvalue weighted by Gasteiger charge is -2.33. The molecule has 0 saturated carbocycles. The molecule has 1 atom stereocenters. The second-order valence-electron chi connectivity index (χ2n) is 4.19. The molecule has 0 spiro atoms. The minimum atomic E-state index is -3.34. The second kappa shape index (κ2) is 4.50. The number of benzene rings is 1. The second-order valence-corrected chi connectivity index (χ2v) is 6.13. The minimum Gasteiger partial charge on any atom is -0.326 e. The van der Waals surface area contributed by atoms with Gasteiger partial charge in [-0.1, -0.05) is 24.3 Å². The molecule has 0 saturated heterocycles. The summed E-state index contributed by atoms with van der Waals surface area (Å²) in [6.45, 7) is 3.82. The Morgan fingerprint density at radius 2 is 2.18 bits per heavy atom. The monoisotopic (exact) mass is 252 g/mol. The van der Waals surface area contributed by atoms with Crippen molar-refractivity contribution in [1.82, 2.24) is 0 Å². The van der Waals surface area contributed by atoms with E-state index in [9.17, 15) is 8.42 Å². The van der Waals surface area contributed by atoms with E-state index in [4.69, 9.17) is 5.73 Å². The van der Waals surface area contributed by atoms with Gasteiger partial charge in [-0.2, -0.15) is 0 Å². The van der Waals surface area contributed by atoms with Crippen molar-refractivity contribution in [3.05, 3.63) is 42.5 Å². The van der Waals surface area contributed by atoms with E-state index in [1.807, 2.05) is 24.3 Å². The van der Waals surface area contributed by atoms with Gasteiger partial charge in [-0.3, -0.25) is 4.31 Å². The first-order valence-electron chi connectivity index (χ1n) is 5.49. The molecule has 17 heavy (non-hydrogen) atoms. The summed E-state index contributed by atoms with van der Waals surface area (Å²) in [6.07, 6.45) is 2.12. The number of hydrogen-bond donors (Lipinski definition) is 1. The molecule has 1 aliphatic heterocycles. The average molecular weight is 252 g/mol. The molecule has 2 N–H and O–H groups in total. The Kier molecular flexibility index (Phi) is 3.22. The maximum absolute atomic E-state index is 12.1. The zero-order valence-corrected chi connectivity index (χ0v) is 10.4. The van der Waals surface area contributed by atoms with Crippen LogP contribution in [0.3, 0.4) is 0 Å². The molecule has 1 aromatic carbocycles. The summed E-state index contributed by atoms with van der Waals surface area (Å²) in [6, 6.07) is 7.33. The molecule has 5 heteroatoms. The third-order valence-electron chi connectivity index (χ3n) is 2.81. The van der Waals surface area contributed by atoms with Crippen LogP contribution < -0.4 is 10.0 Å². The van der Waals surface area contributed by atoms with E-state index in [0.717, 1.165) is 17.7 Å². The summed E-state index contributed by atoms with van der Waals surface area (Å²) in [4.78, 5) is 0. The van der Waals surface area contributed by atoms with Crippen LogP contribution in [0.15, 0.2) is 36.9 Å². The van der Waals surface area contributed by atoms with Crippen LogP contribution in [-0.4, -0.2) is 26.8 Å². The predicted molar refractivity (Wildman–Crippen MR) is 69.5 cm³/mol. The van der Waals surface area contributed by atoms with Crippen molar-refractivity contribution < 1.29 is 8.42 Å². The molecule has 0 fully saturated rings. The molecule has 0 radical (unpaired) electrons. The lowest BCUT2D eigenvalue weighted by Crippen LogP contribution is -2.46. The highest BCUT2D eigenvalue weighted by atomic mass is 32.2. The first kappa shape index (κ1) is 12.1. The fourth-order valence-corrected chi connectivity index (χ4v) is 3.46. The molecule has 0 bridgehead atoms. The molecular weight excluding hydrogens is 236 g/mol. The zero-order chi connectivity index (χ0) is 12.5. The number of para-hydroxylation sites is 1. The fourth-order valence-electron chi connectivity index (χ4n) is 2.09. The molecule has 2 rings (SSSR count). The van der Waals surface area contributed by atoms with E-state index in [-0.39, 0.29) is 11.8 Å². The van der Waals surface area contributed by atoms with Gasteiger partial charge in [0.25, 0.3) is 0 Å². The summed E-state index contributed by atoms with van der Waals surface area (Å²) >= 11 is 0. The quantitative estimate of drug-likeness (QED) is 0.813. The lowest BCUT2D eigenvalue weighted by molar-refractivity contribution is 0.578. The SMILES string of the molecule is C=CCS(=O)(=O)N1CC(N)Cc2ccccc21. The highest BCUT2D eigenvalue weighted by Crippen LogP contribution is 2.28. The van der Waals surface area contributed by atoms with Crippen molar-refractivity contribution in [1.29, 1.82) is 0 Å². The Morgan fingerprint density at radius 3 is 2.88 bits per heavy atom. The zero-order valence-electron chi connectivity index (χ0n) is 9.54. The Balaban J connectivity index is 2.46. The largest absolute Gasteiger partial charge is 0.326 e. The van der Waals surface area contributed by atoms with E-state index in [2.05, 4.69) is 6.58 Å². The standard InChI is InChI=1S/C12H16N2O2S/c1-2-7-17(15,16)14-9-11(13)8-10-5-3-4-6-12(10)14/h2-6,11H,1,7-9,13H2. The van der Waals surface area contributed by atoms with Crippen LogP contribution >= 0.6 is 0 Å². The number of nitrogens with zero attached hydrogens (tertiary/aromatic N) is 1. The third kappa shape index (κ3) is 2.35. The fraction of sp³-hybridized carbons (Fsp3) is 0.333. The average Bonchev–Trinajstić information content (AvgIpc) is 2.27. The topological polar surface area (TPSA) is 63.4 Å². The van der Waals surface area contributed by atoms with Crippen LogP contribution in [-0.2, 0) is 16.4 Å². The van der Waals surface area contributed by atoms with E-state index < -0.39 is 10.0 Å². The maximum atomic E-state index is 12.1. The summed E-state index contributed by atoms with van der Waals surface area (Å²) in [5.74, 6) is -0.0615. The Bertz CT molecular complexity index is 525. The third-order valence-corrected chi connectivity index (χ3v) is 4.48. The van der Waals surface area contributed by atoms with Crippen LogP contribution in [0.5, 0.6) is 0 Å². The highest BCUT2D eigenvalue weighted by molar-refractivity contribution is 7.92. The first-order chi connectivity index (χ1) is 8.04. The van der Waals surface area contributed by atoms with Gasteiger partial charge in [0.1, 0.15) is 0 Å². The predicted octanol–water partition coefficient (Wildman–Crippen LogP) is 0.892. The molecule has 1 heterocycles. The molecule has 1 aromatic rings. The molecule has 0 aromatic heterocycles. The summed E-state index contributed by atoms with van der Waals surface area (Å²) in [7, 11) is -3.34. The molecule has 4 nitrogen and oxygen atoms in total. The summed E-state index contributed by atoms with van der Waals surface area (Å²) < 4.78 is 25.6. The summed E-state index contributed by atoms with van der Waals surface area (Å²) in [5.41, 5.74) is 7.63. The Morgan fingerprint density at radius 1 is 1.47 bits per heavy atom. The van der Waals surface area contributed by atoms with Crippen molar-refractivity contribution in [2.45, 2.75) is 12.5 Å². The van der Waals surface area contributed by atoms with E-state index in [1.54, 1.807) is 0 Å². The van der Waals surface area contributed by atoms with Gasteiger partial charge in [0.2, 0.25) is 10.0 Å². The lowest BCUT2D eigenvalue weighted by atomic mass is 10.0. The smallest absolute Gasteiger partial charge is 0.238 e. The van der Waals surface area contributed by atoms with Crippen molar-refractivity contribution in [3.63, 3.8) is 0 Å². The van der Waals surface area contributed by atoms with Gasteiger partial charge in [0, 0.05) is 12.6 Å². The van der Waals surface area contributed by atoms with E-state index in [0.29, 0.717) is 6.54 Å². The van der Waals surface area contributed by atoms with Crippen LogP contribution in [0.1, 0.15) is 5.56 Å². The highest BCUT2D eigenvalue weighted by Gasteiger charge is 2.29. The number of nitrogens with two attached hydrogens (primary N) is 1. The van der Waals surface area contributed by atoms with E-state index in [1.165, 1.54) is 10.4 Å². The van der Waals surface area contributed by atoms with Gasteiger partial charge in [0.05, 0.1) is 11.4 Å². The van der Waals surface area contributed by atoms with Gasteiger partial charge < -0.3 is 5.73 Å². The molecule has 0 aliphatic carbocycles. The van der Waals surface area contributed by atoms with Crippen LogP contribution in [0.25, 0.3) is 0 Å². The van der Waals surface area contributed by atoms with Crippen LogP contribution in [0.4, 0.5) is 5.69 Å². The summed E-state index contributed by atoms with van der Waals surface area (Å²) in [5, 5.41) is 0. The Hall–Kier alpha value is -1.33. The molecule has 1 unspecified atom stereocenters. The van der Waals surface area contributed by atoms with Gasteiger partial charge in [-0.15, -0.1) is 6.58 Å². The number of fused-ring (bicyclic) bond motifs is 1. The van der Waals surface area contributed by atoms with E-state index >= 15 is 0 Å². The van der Waals surface area contributed by atoms with Crippen molar-refractivity contribution >= 4 is 15.7 Å². The normalized spacial score (nSPS) is 19.8. The molecule has 0 amide bonds. The first-order valence-corrected chi connectivity index (χ1v) is 7.10. The Labute approximate surface area is 102 Å². The van der Waals surface area contributed by atoms with Crippen molar-refractivity contribution in [3.8, 4) is 0 Å². The molecular formula is C12H16N2O2S. The molecule has 1 aliphatic rings. The van der Waals surface area contributed by atoms with Gasteiger partial charge in [-0.05, 0) is 18.1 Å². The van der Waals surface area contributed by atoms with Crippen LogP contribution in [0.2, 0.25) is 0 Å². The van der Waals surface area contributed by atoms with Crippen LogP contribution in [0, 0.1) is 0 Å². The number of sulfonamides is 1. The number of rotatable bonds is 3. The van der Waals surface area contributed by atoms with Gasteiger partial charge in [-0.25, -0.2) is 8.42 Å². The number of hydrogen-bond acceptors (Lipinski definition) is 3.